The molecule has 7 heteroatoms. The van der Waals surface area contributed by atoms with E-state index in [4.69, 9.17) is 14.2 Å². The number of benzene rings is 1. The number of ether oxygens (including phenoxy) is 3. The van der Waals surface area contributed by atoms with Crippen molar-refractivity contribution in [1.29, 1.82) is 0 Å². The van der Waals surface area contributed by atoms with Crippen molar-refractivity contribution in [3.63, 3.8) is 0 Å². The molecule has 0 saturated carbocycles. The molecule has 1 heterocycles. The van der Waals surface area contributed by atoms with Crippen LogP contribution in [0, 0.1) is 5.92 Å². The van der Waals surface area contributed by atoms with E-state index in [9.17, 15) is 9.59 Å². The summed E-state index contributed by atoms with van der Waals surface area (Å²) in [5, 5.41) is 2.68. The Morgan fingerprint density at radius 2 is 2.04 bits per heavy atom. The normalized spacial score (nSPS) is 15.6. The molecular weight excluding hydrogens is 366 g/mol. The lowest BCUT2D eigenvalue weighted by Crippen LogP contribution is -2.21. The first kappa shape index (κ1) is 19.2. The minimum atomic E-state index is -0.459. The summed E-state index contributed by atoms with van der Waals surface area (Å²) >= 11 is 1.47. The maximum Gasteiger partial charge on any atom is 0.348 e. The molecule has 0 unspecified atom stereocenters. The average Bonchev–Trinajstić information content (AvgIpc) is 3.09. The van der Waals surface area contributed by atoms with Crippen LogP contribution in [0.1, 0.15) is 33.5 Å². The molecule has 0 radical (unpaired) electrons. The highest BCUT2D eigenvalue weighted by Gasteiger charge is 2.22. The minimum absolute atomic E-state index is 0.354. The number of aryl methyl sites for hydroxylation is 1. The predicted octanol–water partition coefficient (Wildman–Crippen LogP) is 3.69. The number of hydrogen-bond donors (Lipinski definition) is 1. The number of hydrogen-bond acceptors (Lipinski definition) is 6. The summed E-state index contributed by atoms with van der Waals surface area (Å²) in [5.74, 6) is 0.836. The zero-order valence-electron chi connectivity index (χ0n) is 15.7. The molecule has 0 aliphatic heterocycles. The van der Waals surface area contributed by atoms with Crippen molar-refractivity contribution in [2.24, 2.45) is 5.92 Å². The smallest absolute Gasteiger partial charge is 0.348 e. The predicted molar refractivity (Wildman–Crippen MR) is 104 cm³/mol. The van der Waals surface area contributed by atoms with Gasteiger partial charge < -0.3 is 19.5 Å². The van der Waals surface area contributed by atoms with Crippen LogP contribution in [0.3, 0.4) is 0 Å². The molecule has 1 N–H and O–H groups in total. The number of anilines is 1. The lowest BCUT2D eigenvalue weighted by atomic mass is 9.90. The lowest BCUT2D eigenvalue weighted by molar-refractivity contribution is -0.119. The van der Waals surface area contributed by atoms with Crippen molar-refractivity contribution in [3.8, 4) is 11.5 Å². The third-order valence-electron chi connectivity index (χ3n) is 4.55. The van der Waals surface area contributed by atoms with E-state index in [1.54, 1.807) is 25.3 Å². The van der Waals surface area contributed by atoms with Gasteiger partial charge in [0, 0.05) is 10.9 Å². The van der Waals surface area contributed by atoms with E-state index in [-0.39, 0.29) is 6.61 Å². The van der Waals surface area contributed by atoms with E-state index in [0.717, 1.165) is 19.3 Å². The molecule has 0 bridgehead atoms. The van der Waals surface area contributed by atoms with Gasteiger partial charge in [0.2, 0.25) is 0 Å². The van der Waals surface area contributed by atoms with E-state index in [0.29, 0.717) is 28.0 Å². The van der Waals surface area contributed by atoms with Crippen molar-refractivity contribution in [2.45, 2.75) is 26.2 Å². The maximum absolute atomic E-state index is 12.3. The third kappa shape index (κ3) is 4.60. The number of rotatable bonds is 6. The number of carbonyl (C=O) groups is 2. The molecule has 3 rings (SSSR count). The number of thiophene rings is 1. The van der Waals surface area contributed by atoms with Crippen LogP contribution < -0.4 is 14.8 Å². The summed E-state index contributed by atoms with van der Waals surface area (Å²) in [5.41, 5.74) is 1.72. The Morgan fingerprint density at radius 1 is 1.22 bits per heavy atom. The number of fused-ring (bicyclic) bond motifs is 1. The first-order chi connectivity index (χ1) is 13.0. The van der Waals surface area contributed by atoms with Gasteiger partial charge in [0.15, 0.2) is 6.61 Å². The van der Waals surface area contributed by atoms with Gasteiger partial charge >= 0.3 is 5.97 Å². The van der Waals surface area contributed by atoms with Gasteiger partial charge in [-0.3, -0.25) is 4.79 Å². The molecule has 27 heavy (non-hydrogen) atoms. The Balaban J connectivity index is 1.57. The van der Waals surface area contributed by atoms with Crippen molar-refractivity contribution in [2.75, 3.05) is 26.1 Å². The van der Waals surface area contributed by atoms with Crippen LogP contribution in [0.5, 0.6) is 11.5 Å². The zero-order chi connectivity index (χ0) is 19.4. The van der Waals surface area contributed by atoms with Crippen molar-refractivity contribution in [1.82, 2.24) is 0 Å². The van der Waals surface area contributed by atoms with Gasteiger partial charge in [-0.1, -0.05) is 6.92 Å². The molecule has 1 aromatic heterocycles. The first-order valence-corrected chi connectivity index (χ1v) is 9.62. The standard InChI is InChI=1S/C20H23NO5S/c1-12-4-7-17-13(8-12)9-18(27-17)20(23)26-11-19(22)21-15-6-5-14(24-2)10-16(15)25-3/h5-6,9-10,12H,4,7-8,11H2,1-3H3,(H,21,22)/t12-/m0/s1. The third-order valence-corrected chi connectivity index (χ3v) is 5.76. The Hall–Kier alpha value is -2.54. The summed E-state index contributed by atoms with van der Waals surface area (Å²) < 4.78 is 15.5. The fourth-order valence-corrected chi connectivity index (χ4v) is 4.20. The van der Waals surface area contributed by atoms with Gasteiger partial charge in [0.1, 0.15) is 16.4 Å². The molecule has 6 nitrogen and oxygen atoms in total. The fourth-order valence-electron chi connectivity index (χ4n) is 3.10. The average molecular weight is 389 g/mol. The lowest BCUT2D eigenvalue weighted by Gasteiger charge is -2.16. The van der Waals surface area contributed by atoms with Crippen LogP contribution in [0.25, 0.3) is 0 Å². The Kier molecular flexibility index (Phi) is 6.01. The van der Waals surface area contributed by atoms with E-state index < -0.39 is 11.9 Å². The number of amides is 1. The van der Waals surface area contributed by atoms with E-state index in [1.165, 1.54) is 28.9 Å². The van der Waals surface area contributed by atoms with Gasteiger partial charge in [-0.15, -0.1) is 11.3 Å². The second-order valence-corrected chi connectivity index (χ2v) is 7.73. The number of nitrogens with one attached hydrogen (secondary N) is 1. The van der Waals surface area contributed by atoms with Crippen LogP contribution >= 0.6 is 11.3 Å². The highest BCUT2D eigenvalue weighted by Crippen LogP contribution is 2.32. The van der Waals surface area contributed by atoms with Crippen molar-refractivity contribution >= 4 is 28.9 Å². The molecule has 0 saturated heterocycles. The molecule has 0 spiro atoms. The highest BCUT2D eigenvalue weighted by molar-refractivity contribution is 7.14. The van der Waals surface area contributed by atoms with Gasteiger partial charge in [0.05, 0.1) is 19.9 Å². The van der Waals surface area contributed by atoms with Gasteiger partial charge in [-0.05, 0) is 48.9 Å². The molecule has 2 aromatic rings. The van der Waals surface area contributed by atoms with Crippen LogP contribution in [0.2, 0.25) is 0 Å². The molecule has 0 fully saturated rings. The van der Waals surface area contributed by atoms with Gasteiger partial charge in [-0.25, -0.2) is 4.79 Å². The molecule has 1 atom stereocenters. The zero-order valence-corrected chi connectivity index (χ0v) is 16.5. The number of esters is 1. The van der Waals surface area contributed by atoms with Crippen molar-refractivity contribution in [3.05, 3.63) is 39.6 Å². The molecule has 1 aliphatic rings. The topological polar surface area (TPSA) is 73.9 Å². The van der Waals surface area contributed by atoms with Crippen molar-refractivity contribution < 1.29 is 23.8 Å². The van der Waals surface area contributed by atoms with Crippen LogP contribution in [-0.2, 0) is 22.4 Å². The van der Waals surface area contributed by atoms with Crippen LogP contribution in [0.4, 0.5) is 5.69 Å². The Labute approximate surface area is 162 Å². The SMILES string of the molecule is COc1ccc(NC(=O)COC(=O)c2cc3c(s2)CC[C@H](C)C3)c(OC)c1. The minimum Gasteiger partial charge on any atom is -0.497 e. The summed E-state index contributed by atoms with van der Waals surface area (Å²) in [4.78, 5) is 26.2. The second kappa shape index (κ2) is 8.43. The van der Waals surface area contributed by atoms with Crippen LogP contribution in [-0.4, -0.2) is 32.7 Å². The van der Waals surface area contributed by atoms with E-state index in [2.05, 4.69) is 12.2 Å². The second-order valence-electron chi connectivity index (χ2n) is 6.60. The Morgan fingerprint density at radius 3 is 2.78 bits per heavy atom. The molecule has 1 amide bonds. The number of carbonyl (C=O) groups excluding carboxylic acids is 2. The maximum atomic E-state index is 12.3. The molecular formula is C20H23NO5S. The van der Waals surface area contributed by atoms with Gasteiger partial charge in [0.25, 0.3) is 5.91 Å². The largest absolute Gasteiger partial charge is 0.497 e. The summed E-state index contributed by atoms with van der Waals surface area (Å²) in [7, 11) is 3.05. The monoisotopic (exact) mass is 389 g/mol. The quantitative estimate of drug-likeness (QED) is 0.763. The first-order valence-electron chi connectivity index (χ1n) is 8.80. The van der Waals surface area contributed by atoms with Gasteiger partial charge in [-0.2, -0.15) is 0 Å². The summed E-state index contributed by atoms with van der Waals surface area (Å²) in [6.45, 7) is 1.86. The van der Waals surface area contributed by atoms with E-state index in [1.807, 2.05) is 6.07 Å². The fraction of sp³-hybridized carbons (Fsp3) is 0.400. The highest BCUT2D eigenvalue weighted by atomic mass is 32.1. The molecule has 144 valence electrons. The van der Waals surface area contributed by atoms with E-state index >= 15 is 0 Å². The number of methoxy groups -OCH3 is 2. The molecule has 1 aliphatic carbocycles. The molecule has 1 aromatic carbocycles. The summed E-state index contributed by atoms with van der Waals surface area (Å²) in [6, 6.07) is 6.95. The Bertz CT molecular complexity index is 845. The summed E-state index contributed by atoms with van der Waals surface area (Å²) in [6.07, 6.45) is 3.15. The van der Waals surface area contributed by atoms with Crippen LogP contribution in [0.15, 0.2) is 24.3 Å².